The molecule has 2 rings (SSSR count). The zero-order valence-electron chi connectivity index (χ0n) is 11.1. The quantitative estimate of drug-likeness (QED) is 0.841. The Balaban J connectivity index is 2.01. The molecule has 104 valence electrons. The Kier molecular flexibility index (Phi) is 4.69. The van der Waals surface area contributed by atoms with Gasteiger partial charge in [0.15, 0.2) is 0 Å². The second kappa shape index (κ2) is 6.10. The van der Waals surface area contributed by atoms with E-state index in [-0.39, 0.29) is 22.3 Å². The highest BCUT2D eigenvalue weighted by Crippen LogP contribution is 2.29. The van der Waals surface area contributed by atoms with Crippen LogP contribution in [0.5, 0.6) is 0 Å². The van der Waals surface area contributed by atoms with Crippen molar-refractivity contribution < 1.29 is 4.79 Å². The molecule has 1 amide bonds. The number of halogens is 2. The molecule has 0 bridgehead atoms. The summed E-state index contributed by atoms with van der Waals surface area (Å²) in [6.07, 6.45) is 3.22. The van der Waals surface area contributed by atoms with E-state index in [4.69, 9.17) is 23.2 Å². The maximum atomic E-state index is 12.1. The first-order valence-corrected chi connectivity index (χ1v) is 7.35. The second-order valence-electron chi connectivity index (χ2n) is 5.44. The molecule has 0 saturated heterocycles. The Labute approximate surface area is 123 Å². The summed E-state index contributed by atoms with van der Waals surface area (Å²) in [5, 5.41) is 3.53. The molecule has 1 fully saturated rings. The van der Waals surface area contributed by atoms with Gasteiger partial charge in [-0.25, -0.2) is 4.98 Å². The van der Waals surface area contributed by atoms with Crippen molar-refractivity contribution in [1.29, 1.82) is 0 Å². The summed E-state index contributed by atoms with van der Waals surface area (Å²) < 4.78 is 0. The van der Waals surface area contributed by atoms with Gasteiger partial charge in [-0.3, -0.25) is 4.79 Å². The third-order valence-electron chi connectivity index (χ3n) is 3.96. The van der Waals surface area contributed by atoms with E-state index < -0.39 is 0 Å². The standard InChI is InChI=1S/C14H18Cl2N2O/c1-8-3-4-11(5-9(8)2)17-14(19)10-6-12(15)18-13(16)7-10/h6-9,11H,3-5H2,1-2H3,(H,17,19). The van der Waals surface area contributed by atoms with E-state index in [1.54, 1.807) is 0 Å². The lowest BCUT2D eigenvalue weighted by Gasteiger charge is -2.32. The smallest absolute Gasteiger partial charge is 0.251 e. The summed E-state index contributed by atoms with van der Waals surface area (Å²) in [5.74, 6) is 1.25. The van der Waals surface area contributed by atoms with Gasteiger partial charge in [-0.05, 0) is 43.2 Å². The van der Waals surface area contributed by atoms with Crippen LogP contribution >= 0.6 is 23.2 Å². The van der Waals surface area contributed by atoms with E-state index in [2.05, 4.69) is 24.1 Å². The first-order valence-electron chi connectivity index (χ1n) is 6.59. The number of hydrogen-bond acceptors (Lipinski definition) is 2. The molecule has 19 heavy (non-hydrogen) atoms. The molecule has 1 aliphatic rings. The molecule has 5 heteroatoms. The number of pyridine rings is 1. The van der Waals surface area contributed by atoms with E-state index in [0.29, 0.717) is 11.5 Å². The van der Waals surface area contributed by atoms with Crippen LogP contribution in [0.15, 0.2) is 12.1 Å². The number of amides is 1. The number of nitrogens with zero attached hydrogens (tertiary/aromatic N) is 1. The fourth-order valence-corrected chi connectivity index (χ4v) is 3.00. The molecule has 3 atom stereocenters. The number of nitrogens with one attached hydrogen (secondary N) is 1. The number of aromatic nitrogens is 1. The molecule has 1 heterocycles. The summed E-state index contributed by atoms with van der Waals surface area (Å²) in [7, 11) is 0. The summed E-state index contributed by atoms with van der Waals surface area (Å²) >= 11 is 11.6. The van der Waals surface area contributed by atoms with Crippen molar-refractivity contribution in [3.8, 4) is 0 Å². The van der Waals surface area contributed by atoms with Crippen molar-refractivity contribution in [3.63, 3.8) is 0 Å². The molecule has 1 aromatic heterocycles. The predicted octanol–water partition coefficient (Wildman–Crippen LogP) is 3.94. The average Bonchev–Trinajstić information content (AvgIpc) is 2.32. The number of carbonyl (C=O) groups is 1. The second-order valence-corrected chi connectivity index (χ2v) is 6.21. The fraction of sp³-hybridized carbons (Fsp3) is 0.571. The molecule has 0 aliphatic heterocycles. The molecule has 1 aliphatic carbocycles. The Bertz CT molecular complexity index is 458. The van der Waals surface area contributed by atoms with Gasteiger partial charge < -0.3 is 5.32 Å². The van der Waals surface area contributed by atoms with E-state index >= 15 is 0 Å². The van der Waals surface area contributed by atoms with Crippen LogP contribution in [0.4, 0.5) is 0 Å². The summed E-state index contributed by atoms with van der Waals surface area (Å²) in [6, 6.07) is 3.32. The maximum absolute atomic E-state index is 12.1. The van der Waals surface area contributed by atoms with Gasteiger partial charge in [0.25, 0.3) is 5.91 Å². The number of carbonyl (C=O) groups excluding carboxylic acids is 1. The highest BCUT2D eigenvalue weighted by atomic mass is 35.5. The van der Waals surface area contributed by atoms with Gasteiger partial charge >= 0.3 is 0 Å². The van der Waals surface area contributed by atoms with E-state index in [1.165, 1.54) is 12.1 Å². The van der Waals surface area contributed by atoms with Gasteiger partial charge in [0.05, 0.1) is 0 Å². The fourth-order valence-electron chi connectivity index (χ4n) is 2.54. The van der Waals surface area contributed by atoms with Gasteiger partial charge in [0, 0.05) is 11.6 Å². The van der Waals surface area contributed by atoms with Crippen LogP contribution in [0.3, 0.4) is 0 Å². The van der Waals surface area contributed by atoms with Crippen molar-refractivity contribution in [3.05, 3.63) is 28.0 Å². The Hall–Kier alpha value is -0.800. The van der Waals surface area contributed by atoms with Crippen molar-refractivity contribution in [2.75, 3.05) is 0 Å². The van der Waals surface area contributed by atoms with Crippen molar-refractivity contribution in [2.24, 2.45) is 11.8 Å². The third-order valence-corrected chi connectivity index (χ3v) is 4.35. The van der Waals surface area contributed by atoms with Gasteiger partial charge in [-0.2, -0.15) is 0 Å². The molecule has 1 saturated carbocycles. The third kappa shape index (κ3) is 3.83. The lowest BCUT2D eigenvalue weighted by Crippen LogP contribution is -2.39. The molecule has 3 nitrogen and oxygen atoms in total. The largest absolute Gasteiger partial charge is 0.349 e. The molecule has 3 unspecified atom stereocenters. The van der Waals surface area contributed by atoms with Crippen LogP contribution in [0, 0.1) is 11.8 Å². The Morgan fingerprint density at radius 3 is 2.42 bits per heavy atom. The SMILES string of the molecule is CC1CCC(NC(=O)c2cc(Cl)nc(Cl)c2)CC1C. The Morgan fingerprint density at radius 2 is 1.84 bits per heavy atom. The molecule has 0 radical (unpaired) electrons. The van der Waals surface area contributed by atoms with Crippen LogP contribution in [0.2, 0.25) is 10.3 Å². The van der Waals surface area contributed by atoms with Crippen molar-refractivity contribution in [1.82, 2.24) is 10.3 Å². The lowest BCUT2D eigenvalue weighted by atomic mass is 9.79. The number of hydrogen-bond donors (Lipinski definition) is 1. The van der Waals surface area contributed by atoms with Crippen molar-refractivity contribution in [2.45, 2.75) is 39.2 Å². The van der Waals surface area contributed by atoms with Gasteiger partial charge in [0.1, 0.15) is 10.3 Å². The summed E-state index contributed by atoms with van der Waals surface area (Å²) in [4.78, 5) is 16.0. The van der Waals surface area contributed by atoms with Gasteiger partial charge in [-0.1, -0.05) is 37.0 Å². The lowest BCUT2D eigenvalue weighted by molar-refractivity contribution is 0.0910. The van der Waals surface area contributed by atoms with E-state index in [9.17, 15) is 4.79 Å². The molecule has 0 aromatic carbocycles. The predicted molar refractivity (Wildman–Crippen MR) is 77.7 cm³/mol. The number of rotatable bonds is 2. The minimum absolute atomic E-state index is 0.127. The molecular weight excluding hydrogens is 283 g/mol. The normalized spacial score (nSPS) is 27.1. The average molecular weight is 301 g/mol. The van der Waals surface area contributed by atoms with Crippen LogP contribution in [-0.4, -0.2) is 16.9 Å². The van der Waals surface area contributed by atoms with Gasteiger partial charge in [-0.15, -0.1) is 0 Å². The van der Waals surface area contributed by atoms with E-state index in [0.717, 1.165) is 25.2 Å². The topological polar surface area (TPSA) is 42.0 Å². The van der Waals surface area contributed by atoms with Crippen LogP contribution in [-0.2, 0) is 0 Å². The Morgan fingerprint density at radius 1 is 1.21 bits per heavy atom. The first kappa shape index (κ1) is 14.6. The first-order chi connectivity index (χ1) is 8.95. The maximum Gasteiger partial charge on any atom is 0.251 e. The van der Waals surface area contributed by atoms with E-state index in [1.807, 2.05) is 0 Å². The van der Waals surface area contributed by atoms with Gasteiger partial charge in [0.2, 0.25) is 0 Å². The zero-order chi connectivity index (χ0) is 14.0. The van der Waals surface area contributed by atoms with Crippen LogP contribution in [0.25, 0.3) is 0 Å². The summed E-state index contributed by atoms with van der Waals surface area (Å²) in [6.45, 7) is 4.51. The monoisotopic (exact) mass is 300 g/mol. The summed E-state index contributed by atoms with van der Waals surface area (Å²) in [5.41, 5.74) is 0.469. The van der Waals surface area contributed by atoms with Crippen LogP contribution in [0.1, 0.15) is 43.5 Å². The van der Waals surface area contributed by atoms with Crippen molar-refractivity contribution >= 4 is 29.1 Å². The molecule has 0 spiro atoms. The highest BCUT2D eigenvalue weighted by molar-refractivity contribution is 6.33. The highest BCUT2D eigenvalue weighted by Gasteiger charge is 2.25. The minimum Gasteiger partial charge on any atom is -0.349 e. The zero-order valence-corrected chi connectivity index (χ0v) is 12.6. The van der Waals surface area contributed by atoms with Crippen LogP contribution < -0.4 is 5.32 Å². The molecule has 1 N–H and O–H groups in total. The molecular formula is C14H18Cl2N2O. The molecule has 1 aromatic rings. The minimum atomic E-state index is -0.127.